The number of anilines is 1. The van der Waals surface area contributed by atoms with Crippen LogP contribution in [0.3, 0.4) is 0 Å². The van der Waals surface area contributed by atoms with E-state index in [4.69, 9.17) is 5.73 Å². The molecule has 2 N–H and O–H groups in total. The van der Waals surface area contributed by atoms with Crippen LogP contribution in [0.25, 0.3) is 0 Å². The molecule has 2 atom stereocenters. The van der Waals surface area contributed by atoms with E-state index in [1.165, 1.54) is 5.56 Å². The summed E-state index contributed by atoms with van der Waals surface area (Å²) in [5, 5.41) is 0. The van der Waals surface area contributed by atoms with Gasteiger partial charge in [0.15, 0.2) is 0 Å². The SMILES string of the molecule is CCC(N)Cc1ccc(N2CCN(C)CC2C)nc1. The first-order valence-corrected chi connectivity index (χ1v) is 7.25. The molecule has 2 rings (SSSR count). The zero-order chi connectivity index (χ0) is 13.8. The molecule has 2 unspecified atom stereocenters. The van der Waals surface area contributed by atoms with E-state index in [9.17, 15) is 0 Å². The van der Waals surface area contributed by atoms with Gasteiger partial charge in [-0.3, -0.25) is 0 Å². The number of pyridine rings is 1. The van der Waals surface area contributed by atoms with Crippen LogP contribution < -0.4 is 10.6 Å². The Bertz CT molecular complexity index is 390. The van der Waals surface area contributed by atoms with Crippen LogP contribution in [-0.2, 0) is 6.42 Å². The Hall–Kier alpha value is -1.13. The molecule has 106 valence electrons. The number of likely N-dealkylation sites (N-methyl/N-ethyl adjacent to an activating group) is 1. The van der Waals surface area contributed by atoms with Crippen molar-refractivity contribution < 1.29 is 0 Å². The number of nitrogens with zero attached hydrogens (tertiary/aromatic N) is 3. The molecule has 0 saturated carbocycles. The summed E-state index contributed by atoms with van der Waals surface area (Å²) in [5.74, 6) is 1.09. The van der Waals surface area contributed by atoms with E-state index in [1.54, 1.807) is 0 Å². The lowest BCUT2D eigenvalue weighted by Gasteiger charge is -2.39. The minimum absolute atomic E-state index is 0.246. The molecule has 4 heteroatoms. The molecule has 1 aliphatic rings. The largest absolute Gasteiger partial charge is 0.351 e. The van der Waals surface area contributed by atoms with Crippen LogP contribution in [0.1, 0.15) is 25.8 Å². The van der Waals surface area contributed by atoms with E-state index in [2.05, 4.69) is 47.8 Å². The summed E-state index contributed by atoms with van der Waals surface area (Å²) in [6.07, 6.45) is 3.91. The topological polar surface area (TPSA) is 45.4 Å². The van der Waals surface area contributed by atoms with E-state index >= 15 is 0 Å². The van der Waals surface area contributed by atoms with Crippen molar-refractivity contribution in [3.8, 4) is 0 Å². The molecule has 2 heterocycles. The van der Waals surface area contributed by atoms with Crippen LogP contribution in [0.2, 0.25) is 0 Å². The molecule has 4 nitrogen and oxygen atoms in total. The minimum Gasteiger partial charge on any atom is -0.351 e. The summed E-state index contributed by atoms with van der Waals surface area (Å²) in [7, 11) is 2.18. The van der Waals surface area contributed by atoms with Gasteiger partial charge in [0, 0.05) is 37.9 Å². The minimum atomic E-state index is 0.246. The van der Waals surface area contributed by atoms with Crippen molar-refractivity contribution in [3.05, 3.63) is 23.9 Å². The van der Waals surface area contributed by atoms with Gasteiger partial charge in [-0.15, -0.1) is 0 Å². The number of nitrogens with two attached hydrogens (primary N) is 1. The predicted octanol–water partition coefficient (Wildman–Crippen LogP) is 1.50. The fourth-order valence-corrected chi connectivity index (χ4v) is 2.63. The van der Waals surface area contributed by atoms with Crippen LogP contribution in [0.5, 0.6) is 0 Å². The summed E-state index contributed by atoms with van der Waals surface area (Å²) in [5.41, 5.74) is 7.22. The molecule has 0 radical (unpaired) electrons. The second kappa shape index (κ2) is 6.35. The van der Waals surface area contributed by atoms with Gasteiger partial charge in [0.1, 0.15) is 5.82 Å². The maximum absolute atomic E-state index is 5.98. The van der Waals surface area contributed by atoms with Crippen molar-refractivity contribution in [1.29, 1.82) is 0 Å². The summed E-state index contributed by atoms with van der Waals surface area (Å²) < 4.78 is 0. The number of hydrogen-bond acceptors (Lipinski definition) is 4. The van der Waals surface area contributed by atoms with Crippen molar-refractivity contribution in [2.75, 3.05) is 31.6 Å². The van der Waals surface area contributed by atoms with Gasteiger partial charge in [0.05, 0.1) is 0 Å². The highest BCUT2D eigenvalue weighted by Gasteiger charge is 2.22. The number of piperazine rings is 1. The first-order chi connectivity index (χ1) is 9.10. The van der Waals surface area contributed by atoms with Gasteiger partial charge in [-0.25, -0.2) is 4.98 Å². The van der Waals surface area contributed by atoms with Crippen molar-refractivity contribution in [1.82, 2.24) is 9.88 Å². The molecule has 0 bridgehead atoms. The Morgan fingerprint density at radius 2 is 2.21 bits per heavy atom. The summed E-state index contributed by atoms with van der Waals surface area (Å²) in [6.45, 7) is 7.65. The third kappa shape index (κ3) is 3.67. The average molecular weight is 262 g/mol. The average Bonchev–Trinajstić information content (AvgIpc) is 2.40. The third-order valence-electron chi connectivity index (χ3n) is 3.96. The van der Waals surface area contributed by atoms with Gasteiger partial charge >= 0.3 is 0 Å². The monoisotopic (exact) mass is 262 g/mol. The third-order valence-corrected chi connectivity index (χ3v) is 3.96. The second-order valence-electron chi connectivity index (χ2n) is 5.70. The molecule has 19 heavy (non-hydrogen) atoms. The van der Waals surface area contributed by atoms with Crippen LogP contribution in [0, 0.1) is 0 Å². The quantitative estimate of drug-likeness (QED) is 0.893. The zero-order valence-corrected chi connectivity index (χ0v) is 12.3. The molecular weight excluding hydrogens is 236 g/mol. The lowest BCUT2D eigenvalue weighted by Crippen LogP contribution is -2.50. The molecule has 1 aromatic heterocycles. The van der Waals surface area contributed by atoms with Gasteiger partial charge < -0.3 is 15.5 Å². The predicted molar refractivity (Wildman–Crippen MR) is 80.5 cm³/mol. The Labute approximate surface area is 116 Å². The Balaban J connectivity index is 2.01. The fraction of sp³-hybridized carbons (Fsp3) is 0.667. The number of hydrogen-bond donors (Lipinski definition) is 1. The normalized spacial score (nSPS) is 22.5. The van der Waals surface area contributed by atoms with Gasteiger partial charge in [0.25, 0.3) is 0 Å². The van der Waals surface area contributed by atoms with Crippen LogP contribution in [-0.4, -0.2) is 48.6 Å². The van der Waals surface area contributed by atoms with Gasteiger partial charge in [-0.2, -0.15) is 0 Å². The Morgan fingerprint density at radius 1 is 1.42 bits per heavy atom. The zero-order valence-electron chi connectivity index (χ0n) is 12.3. The number of aromatic nitrogens is 1. The maximum Gasteiger partial charge on any atom is 0.128 e. The lowest BCUT2D eigenvalue weighted by molar-refractivity contribution is 0.274. The van der Waals surface area contributed by atoms with Crippen molar-refractivity contribution in [2.24, 2.45) is 5.73 Å². The molecule has 0 spiro atoms. The van der Waals surface area contributed by atoms with Crippen molar-refractivity contribution in [2.45, 2.75) is 38.8 Å². The summed E-state index contributed by atoms with van der Waals surface area (Å²) in [4.78, 5) is 9.38. The van der Waals surface area contributed by atoms with Crippen LogP contribution >= 0.6 is 0 Å². The Morgan fingerprint density at radius 3 is 2.79 bits per heavy atom. The highest BCUT2D eigenvalue weighted by atomic mass is 15.3. The van der Waals surface area contributed by atoms with Gasteiger partial charge in [-0.1, -0.05) is 13.0 Å². The van der Waals surface area contributed by atoms with Gasteiger partial charge in [0.2, 0.25) is 0 Å². The van der Waals surface area contributed by atoms with Crippen molar-refractivity contribution in [3.63, 3.8) is 0 Å². The van der Waals surface area contributed by atoms with Gasteiger partial charge in [-0.05, 0) is 38.4 Å². The van der Waals surface area contributed by atoms with Crippen molar-refractivity contribution >= 4 is 5.82 Å². The van der Waals surface area contributed by atoms with E-state index in [0.717, 1.165) is 38.3 Å². The molecule has 1 aromatic rings. The molecule has 0 aliphatic carbocycles. The second-order valence-corrected chi connectivity index (χ2v) is 5.70. The van der Waals surface area contributed by atoms with E-state index in [1.807, 2.05) is 6.20 Å². The van der Waals surface area contributed by atoms with E-state index in [-0.39, 0.29) is 6.04 Å². The highest BCUT2D eigenvalue weighted by Crippen LogP contribution is 2.18. The Kier molecular flexibility index (Phi) is 4.77. The number of rotatable bonds is 4. The van der Waals surface area contributed by atoms with E-state index in [0.29, 0.717) is 6.04 Å². The lowest BCUT2D eigenvalue weighted by atomic mass is 10.1. The molecule has 0 aromatic carbocycles. The molecule has 1 aliphatic heterocycles. The first kappa shape index (κ1) is 14.3. The maximum atomic E-state index is 5.98. The first-order valence-electron chi connectivity index (χ1n) is 7.25. The van der Waals surface area contributed by atoms with Crippen LogP contribution in [0.4, 0.5) is 5.82 Å². The fourth-order valence-electron chi connectivity index (χ4n) is 2.63. The standard InChI is InChI=1S/C15H26N4/c1-4-14(16)9-13-5-6-15(17-10-13)19-8-7-18(3)11-12(19)2/h5-6,10,12,14H,4,7-9,11,16H2,1-3H3. The summed E-state index contributed by atoms with van der Waals surface area (Å²) in [6, 6.07) is 5.08. The smallest absolute Gasteiger partial charge is 0.128 e. The van der Waals surface area contributed by atoms with E-state index < -0.39 is 0 Å². The molecule has 1 saturated heterocycles. The molecular formula is C15H26N4. The molecule has 1 fully saturated rings. The van der Waals surface area contributed by atoms with Crippen LogP contribution in [0.15, 0.2) is 18.3 Å². The summed E-state index contributed by atoms with van der Waals surface area (Å²) >= 11 is 0. The highest BCUT2D eigenvalue weighted by molar-refractivity contribution is 5.41. The molecule has 0 amide bonds.